The van der Waals surface area contributed by atoms with Crippen molar-refractivity contribution in [2.75, 3.05) is 11.9 Å². The molecule has 0 unspecified atom stereocenters. The smallest absolute Gasteiger partial charge is 0.239 e. The highest BCUT2D eigenvalue weighted by molar-refractivity contribution is 5.80. The molecule has 0 bridgehead atoms. The molecule has 0 aliphatic rings. The maximum Gasteiger partial charge on any atom is 0.239 e. The Morgan fingerprint density at radius 1 is 1.19 bits per heavy atom. The van der Waals surface area contributed by atoms with E-state index in [0.29, 0.717) is 12.4 Å². The van der Waals surface area contributed by atoms with E-state index in [2.05, 4.69) is 27.5 Å². The largest absolute Gasteiger partial charge is 0.361 e. The minimum atomic E-state index is -0.0606. The van der Waals surface area contributed by atoms with Gasteiger partial charge in [0.15, 0.2) is 0 Å². The number of carbonyl (C=O) groups is 1. The molecule has 21 heavy (non-hydrogen) atoms. The number of rotatable bonds is 7. The SMILES string of the molecule is CCCc1cc(NCC(=O)NCc2ccccc2)ncn1. The summed E-state index contributed by atoms with van der Waals surface area (Å²) >= 11 is 0. The Kier molecular flexibility index (Phi) is 5.70. The molecule has 1 heterocycles. The van der Waals surface area contributed by atoms with E-state index >= 15 is 0 Å². The fourth-order valence-electron chi connectivity index (χ4n) is 1.92. The number of hydrogen-bond donors (Lipinski definition) is 2. The van der Waals surface area contributed by atoms with Gasteiger partial charge in [-0.05, 0) is 12.0 Å². The predicted molar refractivity (Wildman–Crippen MR) is 82.8 cm³/mol. The van der Waals surface area contributed by atoms with Crippen LogP contribution in [-0.4, -0.2) is 22.4 Å². The van der Waals surface area contributed by atoms with Crippen molar-refractivity contribution in [3.8, 4) is 0 Å². The average molecular weight is 284 g/mol. The van der Waals surface area contributed by atoms with Gasteiger partial charge in [0.2, 0.25) is 5.91 Å². The van der Waals surface area contributed by atoms with E-state index in [4.69, 9.17) is 0 Å². The van der Waals surface area contributed by atoms with Gasteiger partial charge in [0.1, 0.15) is 12.1 Å². The van der Waals surface area contributed by atoms with Crippen molar-refractivity contribution in [3.05, 3.63) is 54.0 Å². The van der Waals surface area contributed by atoms with Crippen LogP contribution in [0.25, 0.3) is 0 Å². The van der Waals surface area contributed by atoms with Gasteiger partial charge in [0.05, 0.1) is 6.54 Å². The van der Waals surface area contributed by atoms with Crippen LogP contribution in [0.4, 0.5) is 5.82 Å². The summed E-state index contributed by atoms with van der Waals surface area (Å²) in [7, 11) is 0. The summed E-state index contributed by atoms with van der Waals surface area (Å²) in [5.74, 6) is 0.623. The molecule has 0 fully saturated rings. The highest BCUT2D eigenvalue weighted by atomic mass is 16.1. The van der Waals surface area contributed by atoms with Crippen molar-refractivity contribution in [1.82, 2.24) is 15.3 Å². The van der Waals surface area contributed by atoms with Crippen molar-refractivity contribution >= 4 is 11.7 Å². The maximum atomic E-state index is 11.8. The lowest BCUT2D eigenvalue weighted by atomic mass is 10.2. The van der Waals surface area contributed by atoms with Crippen LogP contribution in [0, 0.1) is 0 Å². The minimum Gasteiger partial charge on any atom is -0.361 e. The second kappa shape index (κ2) is 7.99. The molecule has 0 saturated heterocycles. The summed E-state index contributed by atoms with van der Waals surface area (Å²) < 4.78 is 0. The first-order chi connectivity index (χ1) is 10.3. The van der Waals surface area contributed by atoms with Crippen LogP contribution >= 0.6 is 0 Å². The number of benzene rings is 1. The molecule has 5 nitrogen and oxygen atoms in total. The van der Waals surface area contributed by atoms with Gasteiger partial charge in [-0.1, -0.05) is 43.7 Å². The highest BCUT2D eigenvalue weighted by Crippen LogP contribution is 2.05. The monoisotopic (exact) mass is 284 g/mol. The average Bonchev–Trinajstić information content (AvgIpc) is 2.53. The number of nitrogens with one attached hydrogen (secondary N) is 2. The van der Waals surface area contributed by atoms with Crippen molar-refractivity contribution < 1.29 is 4.79 Å². The third-order valence-corrected chi connectivity index (χ3v) is 2.99. The molecular weight excluding hydrogens is 264 g/mol. The first-order valence-electron chi connectivity index (χ1n) is 7.13. The molecule has 1 aromatic heterocycles. The molecule has 0 aliphatic heterocycles. The van der Waals surface area contributed by atoms with Gasteiger partial charge in [0.25, 0.3) is 0 Å². The molecule has 1 amide bonds. The normalized spacial score (nSPS) is 10.1. The lowest BCUT2D eigenvalue weighted by Crippen LogP contribution is -2.29. The van der Waals surface area contributed by atoms with Crippen LogP contribution in [0.2, 0.25) is 0 Å². The number of aromatic nitrogens is 2. The number of carbonyl (C=O) groups excluding carboxylic acids is 1. The van der Waals surface area contributed by atoms with E-state index in [1.165, 1.54) is 6.33 Å². The Hall–Kier alpha value is -2.43. The third kappa shape index (κ3) is 5.22. The summed E-state index contributed by atoms with van der Waals surface area (Å²) in [6, 6.07) is 11.7. The van der Waals surface area contributed by atoms with E-state index in [9.17, 15) is 4.79 Å². The molecule has 1 aromatic carbocycles. The van der Waals surface area contributed by atoms with E-state index in [-0.39, 0.29) is 12.5 Å². The predicted octanol–water partition coefficient (Wildman–Crippen LogP) is 2.16. The third-order valence-electron chi connectivity index (χ3n) is 2.99. The molecule has 5 heteroatoms. The second-order valence-electron chi connectivity index (χ2n) is 4.76. The van der Waals surface area contributed by atoms with Gasteiger partial charge in [0, 0.05) is 18.3 Å². The first-order valence-corrected chi connectivity index (χ1v) is 7.13. The van der Waals surface area contributed by atoms with Crippen molar-refractivity contribution in [2.45, 2.75) is 26.3 Å². The zero-order valence-corrected chi connectivity index (χ0v) is 12.2. The van der Waals surface area contributed by atoms with Crippen LogP contribution in [0.1, 0.15) is 24.6 Å². The highest BCUT2D eigenvalue weighted by Gasteiger charge is 2.03. The number of amides is 1. The quantitative estimate of drug-likeness (QED) is 0.817. The van der Waals surface area contributed by atoms with Gasteiger partial charge < -0.3 is 10.6 Å². The Labute approximate surface area is 124 Å². The van der Waals surface area contributed by atoms with E-state index < -0.39 is 0 Å². The van der Waals surface area contributed by atoms with E-state index in [1.807, 2.05) is 36.4 Å². The number of aryl methyl sites for hydroxylation is 1. The Bertz CT molecular complexity index is 571. The Morgan fingerprint density at radius 3 is 2.76 bits per heavy atom. The van der Waals surface area contributed by atoms with Gasteiger partial charge in [-0.15, -0.1) is 0 Å². The van der Waals surface area contributed by atoms with Crippen molar-refractivity contribution in [2.24, 2.45) is 0 Å². The van der Waals surface area contributed by atoms with Crippen LogP contribution in [0.15, 0.2) is 42.7 Å². The number of hydrogen-bond acceptors (Lipinski definition) is 4. The van der Waals surface area contributed by atoms with E-state index in [1.54, 1.807) is 0 Å². The molecular formula is C16H20N4O. The molecule has 0 atom stereocenters. The summed E-state index contributed by atoms with van der Waals surface area (Å²) in [6.45, 7) is 2.84. The summed E-state index contributed by atoms with van der Waals surface area (Å²) in [4.78, 5) is 20.1. The number of nitrogens with zero attached hydrogens (tertiary/aromatic N) is 2. The first kappa shape index (κ1) is 15.0. The van der Waals surface area contributed by atoms with Crippen LogP contribution in [0.3, 0.4) is 0 Å². The topological polar surface area (TPSA) is 66.9 Å². The van der Waals surface area contributed by atoms with Crippen molar-refractivity contribution in [3.63, 3.8) is 0 Å². The van der Waals surface area contributed by atoms with Crippen LogP contribution < -0.4 is 10.6 Å². The Balaban J connectivity index is 1.77. The molecule has 2 aromatic rings. The fraction of sp³-hybridized carbons (Fsp3) is 0.312. The lowest BCUT2D eigenvalue weighted by molar-refractivity contribution is -0.119. The number of anilines is 1. The summed E-state index contributed by atoms with van der Waals surface area (Å²) in [5, 5.41) is 5.88. The van der Waals surface area contributed by atoms with Gasteiger partial charge in [-0.3, -0.25) is 4.79 Å². The molecule has 2 N–H and O–H groups in total. The Morgan fingerprint density at radius 2 is 2.00 bits per heavy atom. The molecule has 2 rings (SSSR count). The molecule has 0 saturated carbocycles. The van der Waals surface area contributed by atoms with E-state index in [0.717, 1.165) is 24.1 Å². The maximum absolute atomic E-state index is 11.8. The molecule has 110 valence electrons. The molecule has 0 spiro atoms. The van der Waals surface area contributed by atoms with Gasteiger partial charge in [-0.25, -0.2) is 9.97 Å². The second-order valence-corrected chi connectivity index (χ2v) is 4.76. The standard InChI is InChI=1S/C16H20N4O/c1-2-6-14-9-15(20-12-19-14)17-11-16(21)18-10-13-7-4-3-5-8-13/h3-5,7-9,12H,2,6,10-11H2,1H3,(H,18,21)(H,17,19,20). The lowest BCUT2D eigenvalue weighted by Gasteiger charge is -2.08. The zero-order chi connectivity index (χ0) is 14.9. The van der Waals surface area contributed by atoms with Crippen molar-refractivity contribution in [1.29, 1.82) is 0 Å². The molecule has 0 aliphatic carbocycles. The zero-order valence-electron chi connectivity index (χ0n) is 12.2. The fourth-order valence-corrected chi connectivity index (χ4v) is 1.92. The molecule has 0 radical (unpaired) electrons. The van der Waals surface area contributed by atoms with Crippen LogP contribution in [-0.2, 0) is 17.8 Å². The van der Waals surface area contributed by atoms with Crippen LogP contribution in [0.5, 0.6) is 0 Å². The summed E-state index contributed by atoms with van der Waals surface area (Å²) in [5.41, 5.74) is 2.07. The minimum absolute atomic E-state index is 0.0606. The summed E-state index contributed by atoms with van der Waals surface area (Å²) in [6.07, 6.45) is 3.47. The van der Waals surface area contributed by atoms with Gasteiger partial charge in [-0.2, -0.15) is 0 Å². The van der Waals surface area contributed by atoms with Gasteiger partial charge >= 0.3 is 0 Å².